The number of nitro groups is 1. The maximum Gasteiger partial charge on any atom is 0.269 e. The fourth-order valence-electron chi connectivity index (χ4n) is 3.25. The first-order chi connectivity index (χ1) is 12.6. The van der Waals surface area contributed by atoms with Gasteiger partial charge in [0.15, 0.2) is 0 Å². The molecule has 1 heterocycles. The lowest BCUT2D eigenvalue weighted by Crippen LogP contribution is -2.37. The number of nitrogens with zero attached hydrogens (tertiary/aromatic N) is 1. The van der Waals surface area contributed by atoms with Crippen LogP contribution in [0.15, 0.2) is 72.8 Å². The minimum Gasteiger partial charge on any atom is -0.366 e. The number of benzene rings is 3. The zero-order valence-corrected chi connectivity index (χ0v) is 14.5. The zero-order valence-electron chi connectivity index (χ0n) is 13.7. The summed E-state index contributed by atoms with van der Waals surface area (Å²) in [4.78, 5) is 10.5. The first-order valence-corrected chi connectivity index (χ1v) is 8.61. The molecule has 1 aliphatic rings. The topological polar surface area (TPSA) is 67.2 Å². The van der Waals surface area contributed by atoms with Gasteiger partial charge in [0.1, 0.15) is 6.17 Å². The molecule has 0 radical (unpaired) electrons. The highest BCUT2D eigenvalue weighted by molar-refractivity contribution is 6.30. The van der Waals surface area contributed by atoms with Crippen molar-refractivity contribution >= 4 is 23.0 Å². The van der Waals surface area contributed by atoms with E-state index >= 15 is 0 Å². The van der Waals surface area contributed by atoms with Crippen molar-refractivity contribution in [3.63, 3.8) is 0 Å². The molecule has 2 N–H and O–H groups in total. The van der Waals surface area contributed by atoms with Crippen LogP contribution >= 0.6 is 11.6 Å². The van der Waals surface area contributed by atoms with E-state index < -0.39 is 4.92 Å². The van der Waals surface area contributed by atoms with Gasteiger partial charge in [0.25, 0.3) is 5.69 Å². The minimum atomic E-state index is -0.393. The van der Waals surface area contributed by atoms with E-state index in [0.29, 0.717) is 5.02 Å². The summed E-state index contributed by atoms with van der Waals surface area (Å²) in [6, 6.07) is 22.5. The van der Waals surface area contributed by atoms with E-state index in [1.807, 2.05) is 36.4 Å². The van der Waals surface area contributed by atoms with Crippen molar-refractivity contribution < 1.29 is 4.92 Å². The van der Waals surface area contributed by atoms with Crippen LogP contribution in [0, 0.1) is 10.1 Å². The summed E-state index contributed by atoms with van der Waals surface area (Å²) >= 11 is 6.21. The summed E-state index contributed by atoms with van der Waals surface area (Å²) in [5.41, 5.74) is 4.20. The average Bonchev–Trinajstić information content (AvgIpc) is 2.68. The lowest BCUT2D eigenvalue weighted by Gasteiger charge is -2.35. The molecule has 0 saturated heterocycles. The van der Waals surface area contributed by atoms with E-state index in [0.717, 1.165) is 22.4 Å². The Bertz CT molecular complexity index is 945. The standard InChI is InChI=1S/C20H16ClN3O2/c21-15-8-11-18-17(12-15)19(13-4-2-1-3-5-13)23-20(22-18)14-6-9-16(10-7-14)24(25)26/h1-12,19-20,22-23H/t19-,20+/m0/s1. The third kappa shape index (κ3) is 3.14. The van der Waals surface area contributed by atoms with Crippen LogP contribution in [0.25, 0.3) is 0 Å². The fourth-order valence-corrected chi connectivity index (χ4v) is 3.43. The third-order valence-corrected chi connectivity index (χ3v) is 4.76. The van der Waals surface area contributed by atoms with Crippen molar-refractivity contribution in [2.24, 2.45) is 0 Å². The Morgan fingerprint density at radius 3 is 2.35 bits per heavy atom. The fraction of sp³-hybridized carbons (Fsp3) is 0.100. The van der Waals surface area contributed by atoms with Gasteiger partial charge in [0.05, 0.1) is 11.0 Å². The van der Waals surface area contributed by atoms with Crippen molar-refractivity contribution in [2.75, 3.05) is 5.32 Å². The number of non-ortho nitro benzene ring substituents is 1. The van der Waals surface area contributed by atoms with Crippen LogP contribution in [0.5, 0.6) is 0 Å². The van der Waals surface area contributed by atoms with Gasteiger partial charge in [0, 0.05) is 22.8 Å². The Labute approximate surface area is 155 Å². The van der Waals surface area contributed by atoms with E-state index in [9.17, 15) is 10.1 Å². The van der Waals surface area contributed by atoms with Crippen molar-refractivity contribution in [1.29, 1.82) is 0 Å². The molecule has 3 aromatic carbocycles. The Balaban J connectivity index is 1.73. The molecule has 4 rings (SSSR count). The number of halogens is 1. The molecule has 0 bridgehead atoms. The van der Waals surface area contributed by atoms with Gasteiger partial charge >= 0.3 is 0 Å². The summed E-state index contributed by atoms with van der Waals surface area (Å²) in [6.45, 7) is 0. The van der Waals surface area contributed by atoms with Crippen LogP contribution < -0.4 is 10.6 Å². The SMILES string of the molecule is O=[N+]([O-])c1ccc([C@@H]2Nc3ccc(Cl)cc3[C@H](c3ccccc3)N2)cc1. The van der Waals surface area contributed by atoms with Gasteiger partial charge in [0.2, 0.25) is 0 Å². The lowest BCUT2D eigenvalue weighted by atomic mass is 9.93. The maximum atomic E-state index is 10.9. The summed E-state index contributed by atoms with van der Waals surface area (Å²) in [6.07, 6.45) is -0.172. The molecule has 0 fully saturated rings. The van der Waals surface area contributed by atoms with E-state index in [-0.39, 0.29) is 17.9 Å². The van der Waals surface area contributed by atoms with Gasteiger partial charge in [-0.1, -0.05) is 41.9 Å². The number of nitrogens with one attached hydrogen (secondary N) is 2. The molecule has 0 aromatic heterocycles. The smallest absolute Gasteiger partial charge is 0.269 e. The number of fused-ring (bicyclic) bond motifs is 1. The molecular weight excluding hydrogens is 350 g/mol. The highest BCUT2D eigenvalue weighted by Crippen LogP contribution is 2.38. The van der Waals surface area contributed by atoms with E-state index in [1.54, 1.807) is 12.1 Å². The largest absolute Gasteiger partial charge is 0.366 e. The monoisotopic (exact) mass is 365 g/mol. The maximum absolute atomic E-state index is 10.9. The molecule has 5 nitrogen and oxygen atoms in total. The summed E-state index contributed by atoms with van der Waals surface area (Å²) in [5.74, 6) is 0. The molecule has 130 valence electrons. The van der Waals surface area contributed by atoms with Gasteiger partial charge in [-0.15, -0.1) is 0 Å². The second-order valence-corrected chi connectivity index (χ2v) is 6.60. The van der Waals surface area contributed by atoms with E-state index in [2.05, 4.69) is 22.8 Å². The molecule has 0 amide bonds. The van der Waals surface area contributed by atoms with Crippen molar-refractivity contribution in [1.82, 2.24) is 5.32 Å². The number of nitro benzene ring substituents is 1. The molecule has 26 heavy (non-hydrogen) atoms. The molecule has 2 atom stereocenters. The minimum absolute atomic E-state index is 0.0358. The van der Waals surface area contributed by atoms with Crippen LogP contribution in [0.1, 0.15) is 28.9 Å². The van der Waals surface area contributed by atoms with Gasteiger partial charge in [-0.3, -0.25) is 15.4 Å². The van der Waals surface area contributed by atoms with Gasteiger partial charge in [-0.2, -0.15) is 0 Å². The predicted octanol–water partition coefficient (Wildman–Crippen LogP) is 5.05. The molecule has 0 saturated carbocycles. The van der Waals surface area contributed by atoms with Crippen molar-refractivity contribution in [3.8, 4) is 0 Å². The van der Waals surface area contributed by atoms with Crippen LogP contribution in [-0.2, 0) is 0 Å². The average molecular weight is 366 g/mol. The van der Waals surface area contributed by atoms with Crippen LogP contribution in [0.2, 0.25) is 5.02 Å². The highest BCUT2D eigenvalue weighted by atomic mass is 35.5. The quantitative estimate of drug-likeness (QED) is 0.503. The van der Waals surface area contributed by atoms with Gasteiger partial charge in [-0.25, -0.2) is 0 Å². The number of hydrogen-bond donors (Lipinski definition) is 2. The second-order valence-electron chi connectivity index (χ2n) is 6.17. The molecule has 0 spiro atoms. The second kappa shape index (κ2) is 6.78. The molecule has 0 unspecified atom stereocenters. The molecular formula is C20H16ClN3O2. The van der Waals surface area contributed by atoms with E-state index in [4.69, 9.17) is 11.6 Å². The summed E-state index contributed by atoms with van der Waals surface area (Å²) < 4.78 is 0. The Kier molecular flexibility index (Phi) is 4.32. The first-order valence-electron chi connectivity index (χ1n) is 8.23. The van der Waals surface area contributed by atoms with Gasteiger partial charge < -0.3 is 5.32 Å². The van der Waals surface area contributed by atoms with E-state index in [1.165, 1.54) is 12.1 Å². The predicted molar refractivity (Wildman–Crippen MR) is 102 cm³/mol. The zero-order chi connectivity index (χ0) is 18.1. The number of anilines is 1. The third-order valence-electron chi connectivity index (χ3n) is 4.53. The Hall–Kier alpha value is -2.89. The van der Waals surface area contributed by atoms with Crippen molar-refractivity contribution in [3.05, 3.63) is 105 Å². The normalized spacial score (nSPS) is 18.7. The molecule has 0 aliphatic carbocycles. The van der Waals surface area contributed by atoms with Crippen molar-refractivity contribution in [2.45, 2.75) is 12.2 Å². The highest BCUT2D eigenvalue weighted by Gasteiger charge is 2.28. The Morgan fingerprint density at radius 2 is 1.65 bits per heavy atom. The first kappa shape index (κ1) is 16.6. The number of hydrogen-bond acceptors (Lipinski definition) is 4. The van der Waals surface area contributed by atoms with Crippen LogP contribution in [0.4, 0.5) is 11.4 Å². The van der Waals surface area contributed by atoms with Crippen LogP contribution in [0.3, 0.4) is 0 Å². The van der Waals surface area contributed by atoms with Gasteiger partial charge in [-0.05, 0) is 47.0 Å². The summed E-state index contributed by atoms with van der Waals surface area (Å²) in [5, 5.41) is 18.6. The molecule has 3 aromatic rings. The number of rotatable bonds is 3. The lowest BCUT2D eigenvalue weighted by molar-refractivity contribution is -0.384. The molecule has 1 aliphatic heterocycles. The molecule has 6 heteroatoms. The van der Waals surface area contributed by atoms with Crippen LogP contribution in [-0.4, -0.2) is 4.92 Å². The summed E-state index contributed by atoms with van der Waals surface area (Å²) in [7, 11) is 0. The Morgan fingerprint density at radius 1 is 0.923 bits per heavy atom.